The molecule has 0 spiro atoms. The Morgan fingerprint density at radius 2 is 2.03 bits per heavy atom. The Bertz CT molecular complexity index is 812. The highest BCUT2D eigenvalue weighted by Crippen LogP contribution is 2.43. The summed E-state index contributed by atoms with van der Waals surface area (Å²) in [6.07, 6.45) is 9.54. The standard InChI is InChI=1S/C25H35N3O/c1-5-13-28-23-12-11-19(15-22(23)18(2)16-25(28,3)4)14-20(17-26)24(29)27-21-9-7-6-8-10-21/h11-12,14-15,18,21H,5-10,13,16H2,1-4H3,(H,27,29)/b20-14+. The largest absolute Gasteiger partial charge is 0.366 e. The Hall–Kier alpha value is -2.28. The fraction of sp³-hybridized carbons (Fsp3) is 0.600. The zero-order valence-electron chi connectivity index (χ0n) is 18.4. The average Bonchev–Trinajstić information content (AvgIpc) is 2.69. The molecule has 0 radical (unpaired) electrons. The number of nitrogens with one attached hydrogen (secondary N) is 1. The first-order chi connectivity index (χ1) is 13.9. The Morgan fingerprint density at radius 3 is 2.69 bits per heavy atom. The summed E-state index contributed by atoms with van der Waals surface area (Å²) in [5, 5.41) is 12.6. The molecule has 1 N–H and O–H groups in total. The second-order valence-corrected chi connectivity index (χ2v) is 9.37. The lowest BCUT2D eigenvalue weighted by atomic mass is 9.79. The van der Waals surface area contributed by atoms with Gasteiger partial charge >= 0.3 is 0 Å². The lowest BCUT2D eigenvalue weighted by molar-refractivity contribution is -0.117. The molecule has 0 bridgehead atoms. The number of hydrogen-bond donors (Lipinski definition) is 1. The molecule has 0 saturated heterocycles. The smallest absolute Gasteiger partial charge is 0.262 e. The first kappa shape index (κ1) is 21.4. The fourth-order valence-corrected chi connectivity index (χ4v) is 5.07. The summed E-state index contributed by atoms with van der Waals surface area (Å²) in [5.41, 5.74) is 3.87. The van der Waals surface area contributed by atoms with Crippen LogP contribution in [0.5, 0.6) is 0 Å². The van der Waals surface area contributed by atoms with Crippen LogP contribution in [0.15, 0.2) is 23.8 Å². The Morgan fingerprint density at radius 1 is 1.31 bits per heavy atom. The first-order valence-corrected chi connectivity index (χ1v) is 11.2. The molecule has 4 heteroatoms. The van der Waals surface area contributed by atoms with E-state index in [-0.39, 0.29) is 23.1 Å². The zero-order chi connectivity index (χ0) is 21.0. The highest BCUT2D eigenvalue weighted by Gasteiger charge is 2.35. The van der Waals surface area contributed by atoms with Crippen molar-refractivity contribution in [3.63, 3.8) is 0 Å². The molecule has 1 aliphatic heterocycles. The molecule has 4 nitrogen and oxygen atoms in total. The van der Waals surface area contributed by atoms with Gasteiger partial charge in [0.25, 0.3) is 5.91 Å². The molecule has 1 fully saturated rings. The first-order valence-electron chi connectivity index (χ1n) is 11.2. The molecule has 1 aliphatic carbocycles. The summed E-state index contributed by atoms with van der Waals surface area (Å²) in [7, 11) is 0. The zero-order valence-corrected chi connectivity index (χ0v) is 18.4. The van der Waals surface area contributed by atoms with E-state index in [2.05, 4.69) is 56.1 Å². The van der Waals surface area contributed by atoms with Gasteiger partial charge in [0.2, 0.25) is 0 Å². The summed E-state index contributed by atoms with van der Waals surface area (Å²) in [6, 6.07) is 8.70. The highest BCUT2D eigenvalue weighted by atomic mass is 16.1. The third-order valence-electron chi connectivity index (χ3n) is 6.47. The van der Waals surface area contributed by atoms with Gasteiger partial charge in [-0.3, -0.25) is 4.79 Å². The van der Waals surface area contributed by atoms with Gasteiger partial charge in [0, 0.05) is 23.8 Å². The molecular formula is C25H35N3O. The number of nitrogens with zero attached hydrogens (tertiary/aromatic N) is 2. The predicted molar refractivity (Wildman–Crippen MR) is 120 cm³/mol. The Labute approximate surface area is 176 Å². The lowest BCUT2D eigenvalue weighted by Crippen LogP contribution is -2.48. The Balaban J connectivity index is 1.85. The van der Waals surface area contributed by atoms with Gasteiger partial charge in [-0.05, 0) is 74.8 Å². The van der Waals surface area contributed by atoms with E-state index in [1.807, 2.05) is 6.07 Å². The highest BCUT2D eigenvalue weighted by molar-refractivity contribution is 6.01. The summed E-state index contributed by atoms with van der Waals surface area (Å²) in [4.78, 5) is 15.1. The number of rotatable bonds is 5. The van der Waals surface area contributed by atoms with E-state index in [0.717, 1.165) is 50.6 Å². The lowest BCUT2D eigenvalue weighted by Gasteiger charge is -2.47. The number of amides is 1. The number of hydrogen-bond acceptors (Lipinski definition) is 3. The monoisotopic (exact) mass is 393 g/mol. The third-order valence-corrected chi connectivity index (χ3v) is 6.47. The molecule has 1 atom stereocenters. The van der Waals surface area contributed by atoms with Crippen LogP contribution in [0.25, 0.3) is 6.08 Å². The van der Waals surface area contributed by atoms with Gasteiger partial charge in [-0.15, -0.1) is 0 Å². The van der Waals surface area contributed by atoms with Crippen molar-refractivity contribution in [2.45, 2.75) is 90.1 Å². The second-order valence-electron chi connectivity index (χ2n) is 9.37. The van der Waals surface area contributed by atoms with Crippen molar-refractivity contribution in [3.8, 4) is 6.07 Å². The van der Waals surface area contributed by atoms with E-state index in [1.54, 1.807) is 6.08 Å². The van der Waals surface area contributed by atoms with Gasteiger partial charge in [-0.2, -0.15) is 5.26 Å². The maximum absolute atomic E-state index is 12.6. The van der Waals surface area contributed by atoms with Crippen LogP contribution in [0.1, 0.15) is 89.7 Å². The summed E-state index contributed by atoms with van der Waals surface area (Å²) >= 11 is 0. The molecule has 1 unspecified atom stereocenters. The second kappa shape index (κ2) is 9.03. The summed E-state index contributed by atoms with van der Waals surface area (Å²) < 4.78 is 0. The third kappa shape index (κ3) is 4.83. The maximum Gasteiger partial charge on any atom is 0.262 e. The van der Waals surface area contributed by atoms with E-state index in [9.17, 15) is 10.1 Å². The SMILES string of the molecule is CCCN1c2ccc(/C=C(\C#N)C(=O)NC3CCCCC3)cc2C(C)CC1(C)C. The Kier molecular flexibility index (Phi) is 6.67. The number of nitriles is 1. The number of carbonyl (C=O) groups excluding carboxylic acids is 1. The minimum Gasteiger partial charge on any atom is -0.366 e. The van der Waals surface area contributed by atoms with Crippen LogP contribution >= 0.6 is 0 Å². The van der Waals surface area contributed by atoms with Crippen molar-refractivity contribution in [1.82, 2.24) is 5.32 Å². The van der Waals surface area contributed by atoms with Crippen molar-refractivity contribution in [2.24, 2.45) is 0 Å². The molecule has 29 heavy (non-hydrogen) atoms. The van der Waals surface area contributed by atoms with Crippen molar-refractivity contribution in [3.05, 3.63) is 34.9 Å². The molecule has 1 saturated carbocycles. The van der Waals surface area contributed by atoms with Gasteiger partial charge in [0.15, 0.2) is 0 Å². The molecule has 3 rings (SSSR count). The van der Waals surface area contributed by atoms with Crippen LogP contribution in [0.4, 0.5) is 5.69 Å². The molecular weight excluding hydrogens is 358 g/mol. The van der Waals surface area contributed by atoms with Crippen LogP contribution in [0.2, 0.25) is 0 Å². The maximum atomic E-state index is 12.6. The molecule has 1 heterocycles. The minimum absolute atomic E-state index is 0.136. The normalized spacial score (nSPS) is 22.0. The molecule has 1 aromatic carbocycles. The summed E-state index contributed by atoms with van der Waals surface area (Å²) in [5.74, 6) is 0.210. The predicted octanol–water partition coefficient (Wildman–Crippen LogP) is 5.54. The summed E-state index contributed by atoms with van der Waals surface area (Å²) in [6.45, 7) is 10.2. The van der Waals surface area contributed by atoms with Gasteiger partial charge < -0.3 is 10.2 Å². The number of benzene rings is 1. The van der Waals surface area contributed by atoms with E-state index in [0.29, 0.717) is 5.92 Å². The number of anilines is 1. The van der Waals surface area contributed by atoms with E-state index < -0.39 is 0 Å². The van der Waals surface area contributed by atoms with Crippen molar-refractivity contribution in [2.75, 3.05) is 11.4 Å². The van der Waals surface area contributed by atoms with Gasteiger partial charge in [0.1, 0.15) is 11.6 Å². The molecule has 0 aromatic heterocycles. The van der Waals surface area contributed by atoms with Gasteiger partial charge in [0.05, 0.1) is 0 Å². The van der Waals surface area contributed by atoms with Crippen molar-refractivity contribution < 1.29 is 4.79 Å². The molecule has 1 aromatic rings. The van der Waals surface area contributed by atoms with Gasteiger partial charge in [-0.25, -0.2) is 0 Å². The van der Waals surface area contributed by atoms with Crippen LogP contribution in [-0.2, 0) is 4.79 Å². The number of fused-ring (bicyclic) bond motifs is 1. The quantitative estimate of drug-likeness (QED) is 0.527. The van der Waals surface area contributed by atoms with E-state index >= 15 is 0 Å². The number of carbonyl (C=O) groups is 1. The van der Waals surface area contributed by atoms with Crippen molar-refractivity contribution >= 4 is 17.7 Å². The average molecular weight is 394 g/mol. The van der Waals surface area contributed by atoms with Crippen LogP contribution in [-0.4, -0.2) is 24.0 Å². The molecule has 156 valence electrons. The van der Waals surface area contributed by atoms with Crippen LogP contribution in [0, 0.1) is 11.3 Å². The van der Waals surface area contributed by atoms with Crippen LogP contribution < -0.4 is 10.2 Å². The topological polar surface area (TPSA) is 56.1 Å². The van der Waals surface area contributed by atoms with Gasteiger partial charge in [-0.1, -0.05) is 39.2 Å². The molecule has 1 amide bonds. The van der Waals surface area contributed by atoms with E-state index in [4.69, 9.17) is 0 Å². The van der Waals surface area contributed by atoms with Crippen LogP contribution in [0.3, 0.4) is 0 Å². The minimum atomic E-state index is -0.237. The van der Waals surface area contributed by atoms with Crippen molar-refractivity contribution in [1.29, 1.82) is 5.26 Å². The fourth-order valence-electron chi connectivity index (χ4n) is 5.07. The van der Waals surface area contributed by atoms with E-state index in [1.165, 1.54) is 17.7 Å². The molecule has 2 aliphatic rings.